The van der Waals surface area contributed by atoms with Crippen molar-refractivity contribution in [2.45, 2.75) is 78.3 Å². The average molecular weight is 254 g/mol. The van der Waals surface area contributed by atoms with E-state index < -0.39 is 0 Å². The van der Waals surface area contributed by atoms with Crippen LogP contribution in [0.3, 0.4) is 0 Å². The van der Waals surface area contributed by atoms with Crippen LogP contribution in [-0.4, -0.2) is 36.6 Å². The van der Waals surface area contributed by atoms with Crippen LogP contribution in [0.15, 0.2) is 0 Å². The lowest BCUT2D eigenvalue weighted by Gasteiger charge is -2.38. The summed E-state index contributed by atoms with van der Waals surface area (Å²) in [5, 5.41) is 3.68. The lowest BCUT2D eigenvalue weighted by Crippen LogP contribution is -2.46. The Bertz CT molecular complexity index is 205. The monoisotopic (exact) mass is 254 g/mol. The van der Waals surface area contributed by atoms with Crippen LogP contribution < -0.4 is 5.32 Å². The van der Waals surface area contributed by atoms with Gasteiger partial charge in [0.05, 0.1) is 0 Å². The van der Waals surface area contributed by atoms with Crippen LogP contribution in [-0.2, 0) is 0 Å². The van der Waals surface area contributed by atoms with Gasteiger partial charge in [-0.1, -0.05) is 33.1 Å². The maximum atomic E-state index is 3.68. The van der Waals surface area contributed by atoms with E-state index in [0.29, 0.717) is 6.04 Å². The second-order valence-corrected chi connectivity index (χ2v) is 6.25. The zero-order chi connectivity index (χ0) is 13.4. The molecule has 1 aliphatic heterocycles. The number of hydrogen-bond donors (Lipinski definition) is 1. The molecule has 2 nitrogen and oxygen atoms in total. The summed E-state index contributed by atoms with van der Waals surface area (Å²) < 4.78 is 0. The van der Waals surface area contributed by atoms with E-state index in [0.717, 1.165) is 18.5 Å². The van der Waals surface area contributed by atoms with Crippen LogP contribution in [0.1, 0.15) is 66.2 Å². The normalized spacial score (nSPS) is 27.3. The van der Waals surface area contributed by atoms with Crippen LogP contribution in [0.5, 0.6) is 0 Å². The minimum Gasteiger partial charge on any atom is -0.313 e. The molecule has 108 valence electrons. The van der Waals surface area contributed by atoms with Crippen LogP contribution in [0.4, 0.5) is 0 Å². The molecule has 0 aromatic heterocycles. The lowest BCUT2D eigenvalue weighted by molar-refractivity contribution is 0.114. The molecule has 1 N–H and O–H groups in total. The smallest absolute Gasteiger partial charge is 0.0110 e. The first kappa shape index (κ1) is 16.0. The third kappa shape index (κ3) is 5.71. The molecule has 1 saturated heterocycles. The Morgan fingerprint density at radius 1 is 1.28 bits per heavy atom. The van der Waals surface area contributed by atoms with Gasteiger partial charge in [0.25, 0.3) is 0 Å². The van der Waals surface area contributed by atoms with Gasteiger partial charge in [0.2, 0.25) is 0 Å². The van der Waals surface area contributed by atoms with Crippen molar-refractivity contribution in [1.29, 1.82) is 0 Å². The van der Waals surface area contributed by atoms with Crippen molar-refractivity contribution in [2.24, 2.45) is 5.92 Å². The number of nitrogens with zero attached hydrogens (tertiary/aromatic N) is 1. The van der Waals surface area contributed by atoms with Gasteiger partial charge in [-0.25, -0.2) is 0 Å². The molecular weight excluding hydrogens is 220 g/mol. The lowest BCUT2D eigenvalue weighted by atomic mass is 9.92. The molecule has 0 aliphatic carbocycles. The van der Waals surface area contributed by atoms with Crippen LogP contribution in [0.2, 0.25) is 0 Å². The predicted molar refractivity (Wildman–Crippen MR) is 81.0 cm³/mol. The van der Waals surface area contributed by atoms with E-state index in [-0.39, 0.29) is 0 Å². The summed E-state index contributed by atoms with van der Waals surface area (Å²) in [7, 11) is 0. The summed E-state index contributed by atoms with van der Waals surface area (Å²) in [5.74, 6) is 0.876. The summed E-state index contributed by atoms with van der Waals surface area (Å²) in [4.78, 5) is 2.67. The van der Waals surface area contributed by atoms with Gasteiger partial charge >= 0.3 is 0 Å². The SMILES string of the molecule is CCCCCC(C)NCCN1CCCC(C)C1C. The molecule has 0 aromatic carbocycles. The van der Waals surface area contributed by atoms with E-state index in [1.165, 1.54) is 51.6 Å². The molecule has 0 amide bonds. The van der Waals surface area contributed by atoms with Crippen LogP contribution >= 0.6 is 0 Å². The number of rotatable bonds is 8. The summed E-state index contributed by atoms with van der Waals surface area (Å²) in [6.07, 6.45) is 8.22. The Morgan fingerprint density at radius 2 is 2.06 bits per heavy atom. The van der Waals surface area contributed by atoms with Crippen molar-refractivity contribution in [2.75, 3.05) is 19.6 Å². The third-order valence-electron chi connectivity index (χ3n) is 4.64. The van der Waals surface area contributed by atoms with E-state index in [1.807, 2.05) is 0 Å². The number of piperidine rings is 1. The molecule has 0 saturated carbocycles. The van der Waals surface area contributed by atoms with Gasteiger partial charge in [-0.05, 0) is 45.6 Å². The second kappa shape index (κ2) is 8.92. The quantitative estimate of drug-likeness (QED) is 0.665. The van der Waals surface area contributed by atoms with Gasteiger partial charge < -0.3 is 5.32 Å². The molecule has 0 aromatic rings. The fourth-order valence-corrected chi connectivity index (χ4v) is 2.99. The first-order valence-electron chi connectivity index (χ1n) is 8.12. The standard InChI is InChI=1S/C16H34N2/c1-5-6-7-10-15(3)17-11-13-18-12-8-9-14(2)16(18)4/h14-17H,5-13H2,1-4H3. The van der Waals surface area contributed by atoms with E-state index in [4.69, 9.17) is 0 Å². The maximum absolute atomic E-state index is 3.68. The van der Waals surface area contributed by atoms with Gasteiger partial charge in [0.15, 0.2) is 0 Å². The number of unbranched alkanes of at least 4 members (excludes halogenated alkanes) is 2. The van der Waals surface area contributed by atoms with E-state index in [9.17, 15) is 0 Å². The topological polar surface area (TPSA) is 15.3 Å². The molecule has 18 heavy (non-hydrogen) atoms. The van der Waals surface area contributed by atoms with Gasteiger partial charge in [0.1, 0.15) is 0 Å². The Balaban J connectivity index is 2.09. The molecule has 3 unspecified atom stereocenters. The highest BCUT2D eigenvalue weighted by Gasteiger charge is 2.23. The molecule has 0 spiro atoms. The fourth-order valence-electron chi connectivity index (χ4n) is 2.99. The minimum absolute atomic E-state index is 0.689. The molecule has 1 aliphatic rings. The molecule has 1 fully saturated rings. The van der Waals surface area contributed by atoms with E-state index in [2.05, 4.69) is 37.9 Å². The van der Waals surface area contributed by atoms with Crippen molar-refractivity contribution in [3.05, 3.63) is 0 Å². The summed E-state index contributed by atoms with van der Waals surface area (Å²) >= 11 is 0. The largest absolute Gasteiger partial charge is 0.313 e. The first-order valence-corrected chi connectivity index (χ1v) is 8.12. The summed E-state index contributed by atoms with van der Waals surface area (Å²) in [6, 6.07) is 1.46. The molecule has 0 bridgehead atoms. The van der Waals surface area contributed by atoms with Crippen molar-refractivity contribution in [1.82, 2.24) is 10.2 Å². The van der Waals surface area contributed by atoms with E-state index in [1.54, 1.807) is 0 Å². The predicted octanol–water partition coefficient (Wildman–Crippen LogP) is 3.67. The Labute approximate surface area is 115 Å². The van der Waals surface area contributed by atoms with Crippen molar-refractivity contribution in [3.63, 3.8) is 0 Å². The Morgan fingerprint density at radius 3 is 2.78 bits per heavy atom. The van der Waals surface area contributed by atoms with Crippen LogP contribution in [0.25, 0.3) is 0 Å². The summed E-state index contributed by atoms with van der Waals surface area (Å²) in [5.41, 5.74) is 0. The number of nitrogens with one attached hydrogen (secondary N) is 1. The molecule has 0 radical (unpaired) electrons. The Hall–Kier alpha value is -0.0800. The Kier molecular flexibility index (Phi) is 7.92. The molecule has 1 heterocycles. The molecular formula is C16H34N2. The highest BCUT2D eigenvalue weighted by Crippen LogP contribution is 2.22. The molecule has 2 heteroatoms. The minimum atomic E-state index is 0.689. The van der Waals surface area contributed by atoms with Gasteiger partial charge in [0, 0.05) is 25.2 Å². The maximum Gasteiger partial charge on any atom is 0.0110 e. The van der Waals surface area contributed by atoms with Gasteiger partial charge in [-0.15, -0.1) is 0 Å². The zero-order valence-electron chi connectivity index (χ0n) is 13.0. The van der Waals surface area contributed by atoms with E-state index >= 15 is 0 Å². The van der Waals surface area contributed by atoms with Crippen LogP contribution in [0, 0.1) is 5.92 Å². The number of hydrogen-bond acceptors (Lipinski definition) is 2. The van der Waals surface area contributed by atoms with Gasteiger partial charge in [-0.2, -0.15) is 0 Å². The van der Waals surface area contributed by atoms with Crippen molar-refractivity contribution >= 4 is 0 Å². The summed E-state index contributed by atoms with van der Waals surface area (Å²) in [6.45, 7) is 13.1. The zero-order valence-corrected chi connectivity index (χ0v) is 13.0. The highest BCUT2D eigenvalue weighted by atomic mass is 15.2. The molecule has 1 rings (SSSR count). The second-order valence-electron chi connectivity index (χ2n) is 6.25. The van der Waals surface area contributed by atoms with Crippen molar-refractivity contribution < 1.29 is 0 Å². The third-order valence-corrected chi connectivity index (χ3v) is 4.64. The molecule has 3 atom stereocenters. The van der Waals surface area contributed by atoms with Gasteiger partial charge in [-0.3, -0.25) is 4.90 Å². The van der Waals surface area contributed by atoms with Crippen molar-refractivity contribution in [3.8, 4) is 0 Å². The number of likely N-dealkylation sites (tertiary alicyclic amines) is 1. The average Bonchev–Trinajstić information content (AvgIpc) is 2.35. The first-order chi connectivity index (χ1) is 8.65. The highest BCUT2D eigenvalue weighted by molar-refractivity contribution is 4.79. The fraction of sp³-hybridized carbons (Fsp3) is 1.00.